The fourth-order valence-corrected chi connectivity index (χ4v) is 2.83. The Morgan fingerprint density at radius 2 is 2.14 bits per heavy atom. The molecule has 2 N–H and O–H groups in total. The average molecular weight is 291 g/mol. The number of hydrogen-bond donors (Lipinski definition) is 2. The molecule has 0 aromatic heterocycles. The van der Waals surface area contributed by atoms with E-state index in [1.165, 1.54) is 0 Å². The van der Waals surface area contributed by atoms with Gasteiger partial charge in [0, 0.05) is 11.6 Å². The predicted octanol–water partition coefficient (Wildman–Crippen LogP) is 1.92. The molecule has 2 rings (SSSR count). The lowest BCUT2D eigenvalue weighted by atomic mass is 10.1. The minimum atomic E-state index is -0.771. The molecule has 1 aromatic rings. The van der Waals surface area contributed by atoms with Crippen molar-refractivity contribution in [2.75, 3.05) is 7.11 Å². The van der Waals surface area contributed by atoms with E-state index in [9.17, 15) is 9.59 Å². The Hall–Kier alpha value is -2.04. The lowest BCUT2D eigenvalue weighted by molar-refractivity contribution is -0.141. The third kappa shape index (κ3) is 3.97. The van der Waals surface area contributed by atoms with Crippen molar-refractivity contribution < 1.29 is 19.4 Å². The van der Waals surface area contributed by atoms with Gasteiger partial charge in [0.2, 0.25) is 5.91 Å². The van der Waals surface area contributed by atoms with E-state index in [1.807, 2.05) is 25.1 Å². The first-order valence-electron chi connectivity index (χ1n) is 7.15. The molecule has 1 amide bonds. The van der Waals surface area contributed by atoms with E-state index in [0.717, 1.165) is 17.5 Å². The molecule has 0 aliphatic heterocycles. The van der Waals surface area contributed by atoms with Crippen LogP contribution in [0.5, 0.6) is 5.75 Å². The van der Waals surface area contributed by atoms with Crippen LogP contribution in [-0.2, 0) is 16.0 Å². The van der Waals surface area contributed by atoms with Crippen molar-refractivity contribution >= 4 is 11.9 Å². The first-order valence-corrected chi connectivity index (χ1v) is 7.15. The molecule has 5 nitrogen and oxygen atoms in total. The Labute approximate surface area is 124 Å². The Balaban J connectivity index is 1.93. The number of carbonyl (C=O) groups is 2. The van der Waals surface area contributed by atoms with E-state index in [0.29, 0.717) is 18.6 Å². The molecule has 1 aromatic carbocycles. The third-order valence-electron chi connectivity index (χ3n) is 3.93. The van der Waals surface area contributed by atoms with E-state index in [2.05, 4.69) is 5.32 Å². The average Bonchev–Trinajstić information content (AvgIpc) is 2.87. The summed E-state index contributed by atoms with van der Waals surface area (Å²) in [4.78, 5) is 23.0. The Morgan fingerprint density at radius 1 is 1.38 bits per heavy atom. The van der Waals surface area contributed by atoms with E-state index >= 15 is 0 Å². The SMILES string of the molecule is COc1ccc(C)cc1CC(=O)N[C@H]1CC[C@@H](C(=O)O)C1. The molecule has 1 aliphatic rings. The highest BCUT2D eigenvalue weighted by molar-refractivity contribution is 5.80. The summed E-state index contributed by atoms with van der Waals surface area (Å²) in [5.74, 6) is -0.489. The van der Waals surface area contributed by atoms with E-state index in [1.54, 1.807) is 7.11 Å². The molecule has 0 heterocycles. The number of carboxylic acids is 1. The second-order valence-corrected chi connectivity index (χ2v) is 5.60. The predicted molar refractivity (Wildman–Crippen MR) is 78.3 cm³/mol. The maximum absolute atomic E-state index is 12.1. The van der Waals surface area contributed by atoms with Crippen molar-refractivity contribution in [3.63, 3.8) is 0 Å². The number of benzene rings is 1. The minimum absolute atomic E-state index is 0.0330. The molecule has 1 aliphatic carbocycles. The Morgan fingerprint density at radius 3 is 2.76 bits per heavy atom. The lowest BCUT2D eigenvalue weighted by Gasteiger charge is -2.14. The van der Waals surface area contributed by atoms with E-state index in [-0.39, 0.29) is 24.3 Å². The number of carbonyl (C=O) groups excluding carboxylic acids is 1. The molecule has 21 heavy (non-hydrogen) atoms. The zero-order valence-corrected chi connectivity index (χ0v) is 12.4. The van der Waals surface area contributed by atoms with Crippen LogP contribution in [0.4, 0.5) is 0 Å². The lowest BCUT2D eigenvalue weighted by Crippen LogP contribution is -2.34. The summed E-state index contributed by atoms with van der Waals surface area (Å²) < 4.78 is 5.26. The zero-order chi connectivity index (χ0) is 15.4. The van der Waals surface area contributed by atoms with E-state index in [4.69, 9.17) is 9.84 Å². The molecule has 1 fully saturated rings. The molecule has 0 radical (unpaired) electrons. The summed E-state index contributed by atoms with van der Waals surface area (Å²) in [6.07, 6.45) is 2.13. The summed E-state index contributed by atoms with van der Waals surface area (Å²) in [7, 11) is 1.58. The highest BCUT2D eigenvalue weighted by Gasteiger charge is 2.30. The summed E-state index contributed by atoms with van der Waals surface area (Å²) in [6.45, 7) is 1.97. The highest BCUT2D eigenvalue weighted by Crippen LogP contribution is 2.26. The van der Waals surface area contributed by atoms with Gasteiger partial charge < -0.3 is 15.2 Å². The van der Waals surface area contributed by atoms with Gasteiger partial charge in [-0.15, -0.1) is 0 Å². The van der Waals surface area contributed by atoms with Crippen LogP contribution in [0.2, 0.25) is 0 Å². The van der Waals surface area contributed by atoms with Gasteiger partial charge in [-0.1, -0.05) is 17.7 Å². The molecule has 0 unspecified atom stereocenters. The number of methoxy groups -OCH3 is 1. The van der Waals surface area contributed by atoms with Crippen LogP contribution in [0.1, 0.15) is 30.4 Å². The largest absolute Gasteiger partial charge is 0.496 e. The normalized spacial score (nSPS) is 21.0. The van der Waals surface area contributed by atoms with Gasteiger partial charge in [0.25, 0.3) is 0 Å². The quantitative estimate of drug-likeness (QED) is 0.869. The standard InChI is InChI=1S/C16H21NO4/c1-10-3-6-14(21-2)12(7-10)9-15(18)17-13-5-4-11(8-13)16(19)20/h3,6-7,11,13H,4-5,8-9H2,1-2H3,(H,17,18)(H,19,20)/t11-,13+/m1/s1. The smallest absolute Gasteiger partial charge is 0.306 e. The van der Waals surface area contributed by atoms with Gasteiger partial charge >= 0.3 is 5.97 Å². The van der Waals surface area contributed by atoms with Gasteiger partial charge in [-0.25, -0.2) is 0 Å². The monoisotopic (exact) mass is 291 g/mol. The van der Waals surface area contributed by atoms with Crippen molar-refractivity contribution in [1.29, 1.82) is 0 Å². The van der Waals surface area contributed by atoms with Crippen LogP contribution < -0.4 is 10.1 Å². The zero-order valence-electron chi connectivity index (χ0n) is 12.4. The third-order valence-corrected chi connectivity index (χ3v) is 3.93. The van der Waals surface area contributed by atoms with Crippen LogP contribution in [-0.4, -0.2) is 30.1 Å². The van der Waals surface area contributed by atoms with Gasteiger partial charge in [0.1, 0.15) is 5.75 Å². The van der Waals surface area contributed by atoms with Crippen LogP contribution in [0, 0.1) is 12.8 Å². The molecule has 5 heteroatoms. The molecule has 0 spiro atoms. The Kier molecular flexibility index (Phi) is 4.83. The van der Waals surface area contributed by atoms with E-state index < -0.39 is 5.97 Å². The molecule has 2 atom stereocenters. The summed E-state index contributed by atoms with van der Waals surface area (Å²) in [6, 6.07) is 5.70. The number of ether oxygens (including phenoxy) is 1. The van der Waals surface area contributed by atoms with Crippen molar-refractivity contribution in [1.82, 2.24) is 5.32 Å². The van der Waals surface area contributed by atoms with Gasteiger partial charge in [0.15, 0.2) is 0 Å². The van der Waals surface area contributed by atoms with Gasteiger partial charge in [-0.05, 0) is 32.3 Å². The highest BCUT2D eigenvalue weighted by atomic mass is 16.5. The van der Waals surface area contributed by atoms with Gasteiger partial charge in [-0.2, -0.15) is 0 Å². The molecular formula is C16H21NO4. The minimum Gasteiger partial charge on any atom is -0.496 e. The summed E-state index contributed by atoms with van der Waals surface area (Å²) in [5.41, 5.74) is 1.92. The van der Waals surface area contributed by atoms with Crippen LogP contribution in [0.15, 0.2) is 18.2 Å². The topological polar surface area (TPSA) is 75.6 Å². The molecule has 114 valence electrons. The number of carboxylic acid groups (broad SMARTS) is 1. The molecular weight excluding hydrogens is 270 g/mol. The van der Waals surface area contributed by atoms with Crippen LogP contribution >= 0.6 is 0 Å². The second kappa shape index (κ2) is 6.61. The first kappa shape index (κ1) is 15.4. The second-order valence-electron chi connectivity index (χ2n) is 5.60. The first-order chi connectivity index (χ1) is 9.99. The Bertz CT molecular complexity index is 541. The maximum Gasteiger partial charge on any atom is 0.306 e. The van der Waals surface area contributed by atoms with Crippen molar-refractivity contribution in [3.8, 4) is 5.75 Å². The fraction of sp³-hybridized carbons (Fsp3) is 0.500. The van der Waals surface area contributed by atoms with Crippen LogP contribution in [0.3, 0.4) is 0 Å². The number of hydrogen-bond acceptors (Lipinski definition) is 3. The fourth-order valence-electron chi connectivity index (χ4n) is 2.83. The van der Waals surface area contributed by atoms with Crippen molar-refractivity contribution in [2.24, 2.45) is 5.92 Å². The van der Waals surface area contributed by atoms with Crippen molar-refractivity contribution in [2.45, 2.75) is 38.6 Å². The summed E-state index contributed by atoms with van der Waals surface area (Å²) in [5, 5.41) is 11.9. The summed E-state index contributed by atoms with van der Waals surface area (Å²) >= 11 is 0. The van der Waals surface area contributed by atoms with Gasteiger partial charge in [0.05, 0.1) is 19.4 Å². The molecule has 0 saturated heterocycles. The number of aliphatic carboxylic acids is 1. The molecule has 0 bridgehead atoms. The van der Waals surface area contributed by atoms with Crippen LogP contribution in [0.25, 0.3) is 0 Å². The number of amides is 1. The number of rotatable bonds is 5. The molecule has 1 saturated carbocycles. The number of nitrogens with one attached hydrogen (secondary N) is 1. The number of aryl methyl sites for hydroxylation is 1. The maximum atomic E-state index is 12.1. The van der Waals surface area contributed by atoms with Crippen molar-refractivity contribution in [3.05, 3.63) is 29.3 Å². The van der Waals surface area contributed by atoms with Gasteiger partial charge in [-0.3, -0.25) is 9.59 Å².